The van der Waals surface area contributed by atoms with Crippen molar-refractivity contribution in [3.8, 4) is 5.75 Å². The first kappa shape index (κ1) is 31.3. The maximum absolute atomic E-state index is 14.0. The molecule has 0 aliphatic rings. The molecule has 0 saturated carbocycles. The van der Waals surface area contributed by atoms with Gasteiger partial charge in [0.05, 0.1) is 17.7 Å². The number of halogens is 2. The zero-order chi connectivity index (χ0) is 30.7. The van der Waals surface area contributed by atoms with Gasteiger partial charge in [0.15, 0.2) is 5.78 Å². The number of nitrogens with zero attached hydrogens (tertiary/aromatic N) is 1. The van der Waals surface area contributed by atoms with Crippen molar-refractivity contribution in [2.45, 2.75) is 44.1 Å². The summed E-state index contributed by atoms with van der Waals surface area (Å²) < 4.78 is 39.9. The van der Waals surface area contributed by atoms with Crippen molar-refractivity contribution in [2.24, 2.45) is 0 Å². The van der Waals surface area contributed by atoms with E-state index in [1.807, 2.05) is 24.3 Å². The van der Waals surface area contributed by atoms with Crippen LogP contribution in [0, 0.1) is 0 Å². The maximum Gasteiger partial charge on any atom is 0.327 e. The molecule has 4 aromatic rings. The van der Waals surface area contributed by atoms with Gasteiger partial charge in [-0.3, -0.25) is 13.9 Å². The summed E-state index contributed by atoms with van der Waals surface area (Å²) >= 11 is 12.3. The number of carbonyl (C=O) groups is 2. The van der Waals surface area contributed by atoms with Gasteiger partial charge in [0, 0.05) is 27.4 Å². The molecule has 0 atom stereocenters. The number of sulfonamides is 1. The summed E-state index contributed by atoms with van der Waals surface area (Å²) in [5, 5.41) is 1.27. The standard InChI is InChI=1S/C32H31Cl2NO6S/c1-32(2,3)41-31(37)20-35(42(38,39)24-18-22(33)17-23(34)19-24)28-13-8-10-25-26(28)11-7-12-27(25)29(36)16-15-21-9-5-6-14-30(21)40-4/h5-14,17-19H,15-16,20H2,1-4H3. The van der Waals surface area contributed by atoms with Gasteiger partial charge in [0.25, 0.3) is 10.0 Å². The number of anilines is 1. The fourth-order valence-electron chi connectivity index (χ4n) is 4.64. The quantitative estimate of drug-likeness (QED) is 0.133. The molecule has 0 aromatic heterocycles. The van der Waals surface area contributed by atoms with Gasteiger partial charge in [-0.25, -0.2) is 8.42 Å². The number of Topliss-reactive ketones (excluding diaryl/α,β-unsaturated/α-hetero) is 1. The lowest BCUT2D eigenvalue weighted by molar-refractivity contribution is -0.152. The van der Waals surface area contributed by atoms with Gasteiger partial charge in [-0.2, -0.15) is 0 Å². The van der Waals surface area contributed by atoms with Gasteiger partial charge in [-0.1, -0.05) is 71.7 Å². The minimum Gasteiger partial charge on any atom is -0.496 e. The maximum atomic E-state index is 14.0. The van der Waals surface area contributed by atoms with Crippen LogP contribution < -0.4 is 9.04 Å². The van der Waals surface area contributed by atoms with Gasteiger partial charge in [0.2, 0.25) is 0 Å². The lowest BCUT2D eigenvalue weighted by Gasteiger charge is -2.27. The van der Waals surface area contributed by atoms with E-state index in [1.165, 1.54) is 18.2 Å². The molecule has 4 rings (SSSR count). The second-order valence-electron chi connectivity index (χ2n) is 10.6. The van der Waals surface area contributed by atoms with E-state index in [2.05, 4.69) is 0 Å². The molecule has 10 heteroatoms. The Morgan fingerprint density at radius 2 is 1.50 bits per heavy atom. The highest BCUT2D eigenvalue weighted by atomic mass is 35.5. The van der Waals surface area contributed by atoms with Crippen molar-refractivity contribution in [3.63, 3.8) is 0 Å². The zero-order valence-corrected chi connectivity index (χ0v) is 26.0. The van der Waals surface area contributed by atoms with Crippen molar-refractivity contribution in [2.75, 3.05) is 18.0 Å². The molecular formula is C32H31Cl2NO6S. The number of ether oxygens (including phenoxy) is 2. The molecule has 7 nitrogen and oxygen atoms in total. The highest BCUT2D eigenvalue weighted by Gasteiger charge is 2.31. The smallest absolute Gasteiger partial charge is 0.327 e. The number of benzene rings is 4. The van der Waals surface area contributed by atoms with Gasteiger partial charge < -0.3 is 9.47 Å². The van der Waals surface area contributed by atoms with Crippen LogP contribution in [-0.4, -0.2) is 39.4 Å². The van der Waals surface area contributed by atoms with E-state index >= 15 is 0 Å². The van der Waals surface area contributed by atoms with Gasteiger partial charge in [-0.05, 0) is 68.5 Å². The highest BCUT2D eigenvalue weighted by molar-refractivity contribution is 7.93. The van der Waals surface area contributed by atoms with Crippen molar-refractivity contribution in [3.05, 3.63) is 100 Å². The molecule has 0 radical (unpaired) electrons. The Kier molecular flexibility index (Phi) is 9.50. The average Bonchev–Trinajstić information content (AvgIpc) is 2.92. The first-order valence-corrected chi connectivity index (χ1v) is 15.4. The van der Waals surface area contributed by atoms with Crippen molar-refractivity contribution >= 4 is 61.4 Å². The van der Waals surface area contributed by atoms with Crippen LogP contribution >= 0.6 is 23.2 Å². The molecule has 4 aromatic carbocycles. The fraction of sp³-hybridized carbons (Fsp3) is 0.250. The van der Waals surface area contributed by atoms with Crippen LogP contribution in [0.5, 0.6) is 5.75 Å². The summed E-state index contributed by atoms with van der Waals surface area (Å²) in [7, 11) is -2.78. The topological polar surface area (TPSA) is 90.0 Å². The van der Waals surface area contributed by atoms with E-state index in [4.69, 9.17) is 32.7 Å². The third-order valence-electron chi connectivity index (χ3n) is 6.40. The molecular weight excluding hydrogens is 597 g/mol. The summed E-state index contributed by atoms with van der Waals surface area (Å²) in [6.07, 6.45) is 0.679. The number of aryl methyl sites for hydroxylation is 1. The second kappa shape index (κ2) is 12.7. The predicted octanol–water partition coefficient (Wildman–Crippen LogP) is 7.51. The minimum absolute atomic E-state index is 0.119. The van der Waals surface area contributed by atoms with E-state index in [-0.39, 0.29) is 32.8 Å². The third-order valence-corrected chi connectivity index (χ3v) is 8.57. The number of fused-ring (bicyclic) bond motifs is 1. The number of ketones is 1. The van der Waals surface area contributed by atoms with Crippen LogP contribution in [0.2, 0.25) is 10.0 Å². The van der Waals surface area contributed by atoms with Gasteiger partial charge in [-0.15, -0.1) is 0 Å². The second-order valence-corrected chi connectivity index (χ2v) is 13.4. The fourth-order valence-corrected chi connectivity index (χ4v) is 6.80. The summed E-state index contributed by atoms with van der Waals surface area (Å²) in [6.45, 7) is 4.47. The SMILES string of the molecule is COc1ccccc1CCC(=O)c1cccc2c(N(CC(=O)OC(C)(C)C)S(=O)(=O)c3cc(Cl)cc(Cl)c3)cccc12. The molecule has 0 aliphatic carbocycles. The number of esters is 1. The Balaban J connectivity index is 1.79. The predicted molar refractivity (Wildman–Crippen MR) is 166 cm³/mol. The van der Waals surface area contributed by atoms with Gasteiger partial charge in [0.1, 0.15) is 17.9 Å². The van der Waals surface area contributed by atoms with Crippen LogP contribution in [0.25, 0.3) is 10.8 Å². The lowest BCUT2D eigenvalue weighted by Crippen LogP contribution is -2.39. The van der Waals surface area contributed by atoms with Crippen LogP contribution in [-0.2, 0) is 26.0 Å². The number of hydrogen-bond acceptors (Lipinski definition) is 6. The van der Waals surface area contributed by atoms with Crippen molar-refractivity contribution < 1.29 is 27.5 Å². The molecule has 0 heterocycles. The summed E-state index contributed by atoms with van der Waals surface area (Å²) in [4.78, 5) is 26.3. The molecule has 220 valence electrons. The Hall–Kier alpha value is -3.59. The molecule has 0 aliphatic heterocycles. The van der Waals surface area contributed by atoms with Crippen LogP contribution in [0.1, 0.15) is 43.1 Å². The Bertz CT molecular complexity index is 1730. The van der Waals surface area contributed by atoms with E-state index in [1.54, 1.807) is 64.3 Å². The Morgan fingerprint density at radius 1 is 0.857 bits per heavy atom. The minimum atomic E-state index is -4.36. The summed E-state index contributed by atoms with van der Waals surface area (Å²) in [5.41, 5.74) is 0.702. The number of para-hydroxylation sites is 1. The molecule has 0 saturated heterocycles. The van der Waals surface area contributed by atoms with Crippen molar-refractivity contribution in [1.82, 2.24) is 0 Å². The van der Waals surface area contributed by atoms with E-state index in [0.29, 0.717) is 28.5 Å². The van der Waals surface area contributed by atoms with E-state index in [0.717, 1.165) is 9.87 Å². The van der Waals surface area contributed by atoms with Crippen LogP contribution in [0.15, 0.2) is 83.8 Å². The number of hydrogen-bond donors (Lipinski definition) is 0. The normalized spacial score (nSPS) is 11.8. The molecule has 0 bridgehead atoms. The molecule has 0 unspecified atom stereocenters. The lowest BCUT2D eigenvalue weighted by atomic mass is 9.96. The zero-order valence-electron chi connectivity index (χ0n) is 23.7. The Morgan fingerprint density at radius 3 is 2.17 bits per heavy atom. The molecule has 0 spiro atoms. The Labute approximate surface area is 256 Å². The van der Waals surface area contributed by atoms with Gasteiger partial charge >= 0.3 is 5.97 Å². The molecule has 0 fully saturated rings. The summed E-state index contributed by atoms with van der Waals surface area (Å²) in [5.74, 6) is -0.165. The molecule has 0 amide bonds. The van der Waals surface area contributed by atoms with Crippen LogP contribution in [0.3, 0.4) is 0 Å². The van der Waals surface area contributed by atoms with E-state index < -0.39 is 28.1 Å². The molecule has 0 N–H and O–H groups in total. The first-order chi connectivity index (χ1) is 19.8. The van der Waals surface area contributed by atoms with Crippen LogP contribution in [0.4, 0.5) is 5.69 Å². The number of methoxy groups -OCH3 is 1. The average molecular weight is 629 g/mol. The number of carbonyl (C=O) groups excluding carboxylic acids is 2. The summed E-state index contributed by atoms with van der Waals surface area (Å²) in [6, 6.07) is 21.6. The number of rotatable bonds is 10. The van der Waals surface area contributed by atoms with E-state index in [9.17, 15) is 18.0 Å². The highest BCUT2D eigenvalue weighted by Crippen LogP contribution is 2.35. The monoisotopic (exact) mass is 627 g/mol. The van der Waals surface area contributed by atoms with Crippen molar-refractivity contribution in [1.29, 1.82) is 0 Å². The third kappa shape index (κ3) is 7.24. The largest absolute Gasteiger partial charge is 0.496 e. The molecule has 42 heavy (non-hydrogen) atoms. The first-order valence-electron chi connectivity index (χ1n) is 13.2.